The fourth-order valence-corrected chi connectivity index (χ4v) is 2.96. The van der Waals surface area contributed by atoms with Crippen molar-refractivity contribution in [1.82, 2.24) is 9.80 Å². The second-order valence-electron chi connectivity index (χ2n) is 5.61. The van der Waals surface area contributed by atoms with E-state index >= 15 is 0 Å². The van der Waals surface area contributed by atoms with Gasteiger partial charge in [-0.25, -0.2) is 0 Å². The van der Waals surface area contributed by atoms with Crippen molar-refractivity contribution in [2.75, 3.05) is 26.7 Å². The van der Waals surface area contributed by atoms with E-state index in [4.69, 9.17) is 0 Å². The maximum atomic E-state index is 12.6. The summed E-state index contributed by atoms with van der Waals surface area (Å²) in [4.78, 5) is 17.9. The third-order valence-corrected chi connectivity index (χ3v) is 4.28. The highest BCUT2D eigenvalue weighted by Crippen LogP contribution is 2.15. The molecule has 2 rings (SSSR count). The number of hydrogen-bond donors (Lipinski definition) is 1. The van der Waals surface area contributed by atoms with Crippen LogP contribution in [0, 0.1) is 0 Å². The highest BCUT2D eigenvalue weighted by Gasteiger charge is 2.25. The number of thiol groups is 1. The van der Waals surface area contributed by atoms with Crippen LogP contribution in [0.4, 0.5) is 0 Å². The SMILES string of the molecule is CCC1CN(C)CCCN1C(=O)Cc1ccc(S)cc1. The summed E-state index contributed by atoms with van der Waals surface area (Å²) >= 11 is 4.28. The lowest BCUT2D eigenvalue weighted by atomic mass is 10.1. The van der Waals surface area contributed by atoms with Crippen molar-refractivity contribution in [3.63, 3.8) is 0 Å². The molecule has 20 heavy (non-hydrogen) atoms. The lowest BCUT2D eigenvalue weighted by Crippen LogP contribution is -2.44. The minimum absolute atomic E-state index is 0.249. The number of amides is 1. The molecule has 1 saturated heterocycles. The van der Waals surface area contributed by atoms with E-state index in [-0.39, 0.29) is 5.91 Å². The summed E-state index contributed by atoms with van der Waals surface area (Å²) in [6.45, 7) is 5.11. The topological polar surface area (TPSA) is 23.6 Å². The lowest BCUT2D eigenvalue weighted by Gasteiger charge is -2.30. The minimum atomic E-state index is 0.249. The van der Waals surface area contributed by atoms with Gasteiger partial charge in [-0.3, -0.25) is 4.79 Å². The molecule has 110 valence electrons. The van der Waals surface area contributed by atoms with E-state index in [1.54, 1.807) is 0 Å². The normalized spacial score (nSPS) is 20.8. The average molecular weight is 292 g/mol. The molecule has 1 aromatic carbocycles. The Morgan fingerprint density at radius 2 is 2.00 bits per heavy atom. The molecule has 4 heteroatoms. The van der Waals surface area contributed by atoms with Gasteiger partial charge in [-0.1, -0.05) is 19.1 Å². The summed E-state index contributed by atoms with van der Waals surface area (Å²) in [5, 5.41) is 0. The van der Waals surface area contributed by atoms with Crippen LogP contribution in [0.15, 0.2) is 29.2 Å². The van der Waals surface area contributed by atoms with Crippen LogP contribution in [0.5, 0.6) is 0 Å². The van der Waals surface area contributed by atoms with Crippen LogP contribution in [-0.4, -0.2) is 48.4 Å². The number of hydrogen-bond acceptors (Lipinski definition) is 3. The first-order valence-electron chi connectivity index (χ1n) is 7.36. The Kier molecular flexibility index (Phi) is 5.49. The molecule has 0 radical (unpaired) electrons. The number of benzene rings is 1. The van der Waals surface area contributed by atoms with Gasteiger partial charge in [0.1, 0.15) is 0 Å². The molecule has 1 amide bonds. The smallest absolute Gasteiger partial charge is 0.227 e. The zero-order chi connectivity index (χ0) is 14.5. The Morgan fingerprint density at radius 3 is 2.65 bits per heavy atom. The van der Waals surface area contributed by atoms with E-state index in [9.17, 15) is 4.79 Å². The van der Waals surface area contributed by atoms with Gasteiger partial charge in [0.15, 0.2) is 0 Å². The van der Waals surface area contributed by atoms with Crippen molar-refractivity contribution >= 4 is 18.5 Å². The Labute approximate surface area is 127 Å². The minimum Gasteiger partial charge on any atom is -0.338 e. The molecule has 1 aliphatic rings. The Hall–Kier alpha value is -1.00. The van der Waals surface area contributed by atoms with E-state index in [1.807, 2.05) is 24.3 Å². The first kappa shape index (κ1) is 15.4. The van der Waals surface area contributed by atoms with E-state index in [1.165, 1.54) is 0 Å². The van der Waals surface area contributed by atoms with Gasteiger partial charge in [0.05, 0.1) is 6.42 Å². The van der Waals surface area contributed by atoms with Crippen LogP contribution in [0.2, 0.25) is 0 Å². The van der Waals surface area contributed by atoms with E-state index in [2.05, 4.69) is 36.4 Å². The quantitative estimate of drug-likeness (QED) is 0.865. The van der Waals surface area contributed by atoms with Gasteiger partial charge in [-0.05, 0) is 44.1 Å². The molecule has 0 saturated carbocycles. The molecule has 1 fully saturated rings. The number of carbonyl (C=O) groups is 1. The molecule has 1 atom stereocenters. The molecule has 0 aromatic heterocycles. The lowest BCUT2D eigenvalue weighted by molar-refractivity contribution is -0.132. The van der Waals surface area contributed by atoms with Gasteiger partial charge in [-0.15, -0.1) is 12.6 Å². The zero-order valence-corrected chi connectivity index (χ0v) is 13.3. The molecule has 1 heterocycles. The maximum Gasteiger partial charge on any atom is 0.227 e. The van der Waals surface area contributed by atoms with Crippen LogP contribution >= 0.6 is 12.6 Å². The molecule has 1 aromatic rings. The molecule has 1 unspecified atom stereocenters. The summed E-state index contributed by atoms with van der Waals surface area (Å²) in [6, 6.07) is 8.22. The number of nitrogens with zero attached hydrogens (tertiary/aromatic N) is 2. The predicted octanol–water partition coefficient (Wildman–Crippen LogP) is 2.46. The van der Waals surface area contributed by atoms with Crippen LogP contribution in [0.25, 0.3) is 0 Å². The molecule has 0 N–H and O–H groups in total. The monoisotopic (exact) mass is 292 g/mol. The first-order valence-corrected chi connectivity index (χ1v) is 7.80. The summed E-state index contributed by atoms with van der Waals surface area (Å²) in [5.41, 5.74) is 1.07. The maximum absolute atomic E-state index is 12.6. The third-order valence-electron chi connectivity index (χ3n) is 3.99. The second-order valence-corrected chi connectivity index (χ2v) is 6.12. The fourth-order valence-electron chi connectivity index (χ4n) is 2.81. The van der Waals surface area contributed by atoms with E-state index in [0.29, 0.717) is 12.5 Å². The van der Waals surface area contributed by atoms with Crippen molar-refractivity contribution in [1.29, 1.82) is 0 Å². The van der Waals surface area contributed by atoms with Crippen LogP contribution < -0.4 is 0 Å². The van der Waals surface area contributed by atoms with Gasteiger partial charge >= 0.3 is 0 Å². The number of likely N-dealkylation sites (N-methyl/N-ethyl adjacent to an activating group) is 1. The van der Waals surface area contributed by atoms with Gasteiger partial charge < -0.3 is 9.80 Å². The van der Waals surface area contributed by atoms with Crippen molar-refractivity contribution in [2.45, 2.75) is 37.1 Å². The highest BCUT2D eigenvalue weighted by atomic mass is 32.1. The molecular weight excluding hydrogens is 268 g/mol. The molecule has 0 spiro atoms. The number of rotatable bonds is 3. The van der Waals surface area contributed by atoms with Crippen molar-refractivity contribution in [3.8, 4) is 0 Å². The predicted molar refractivity (Wildman–Crippen MR) is 85.3 cm³/mol. The Bertz CT molecular complexity index is 446. The van der Waals surface area contributed by atoms with E-state index in [0.717, 1.165) is 42.9 Å². The molecule has 0 aliphatic carbocycles. The van der Waals surface area contributed by atoms with Crippen LogP contribution in [0.1, 0.15) is 25.3 Å². The van der Waals surface area contributed by atoms with Crippen molar-refractivity contribution in [2.24, 2.45) is 0 Å². The molecular formula is C16H24N2OS. The molecule has 1 aliphatic heterocycles. The van der Waals surface area contributed by atoms with E-state index < -0.39 is 0 Å². The van der Waals surface area contributed by atoms with Gasteiger partial charge in [0, 0.05) is 24.0 Å². The first-order chi connectivity index (χ1) is 9.60. The van der Waals surface area contributed by atoms with Gasteiger partial charge in [0.25, 0.3) is 0 Å². The van der Waals surface area contributed by atoms with Crippen LogP contribution in [0.3, 0.4) is 0 Å². The highest BCUT2D eigenvalue weighted by molar-refractivity contribution is 7.80. The van der Waals surface area contributed by atoms with Gasteiger partial charge in [0.2, 0.25) is 5.91 Å². The van der Waals surface area contributed by atoms with Crippen LogP contribution in [-0.2, 0) is 11.2 Å². The third kappa shape index (κ3) is 4.00. The summed E-state index contributed by atoms with van der Waals surface area (Å²) in [6.07, 6.45) is 2.58. The zero-order valence-electron chi connectivity index (χ0n) is 12.4. The Morgan fingerprint density at radius 1 is 1.30 bits per heavy atom. The largest absolute Gasteiger partial charge is 0.338 e. The summed E-state index contributed by atoms with van der Waals surface area (Å²) < 4.78 is 0. The van der Waals surface area contributed by atoms with Crippen molar-refractivity contribution in [3.05, 3.63) is 29.8 Å². The Balaban J connectivity index is 2.04. The fraction of sp³-hybridized carbons (Fsp3) is 0.562. The summed E-state index contributed by atoms with van der Waals surface area (Å²) in [7, 11) is 2.14. The van der Waals surface area contributed by atoms with Gasteiger partial charge in [-0.2, -0.15) is 0 Å². The standard InChI is InChI=1S/C16H24N2OS/c1-3-14-12-17(2)9-4-10-18(14)16(19)11-13-5-7-15(20)8-6-13/h5-8,14,20H,3-4,9-12H2,1-2H3. The van der Waals surface area contributed by atoms with Crippen molar-refractivity contribution < 1.29 is 4.79 Å². The molecule has 0 bridgehead atoms. The number of carbonyl (C=O) groups excluding carboxylic acids is 1. The second kappa shape index (κ2) is 7.14. The average Bonchev–Trinajstić information content (AvgIpc) is 2.62. The molecule has 3 nitrogen and oxygen atoms in total. The summed E-state index contributed by atoms with van der Waals surface area (Å²) in [5.74, 6) is 0.249.